The van der Waals surface area contributed by atoms with Gasteiger partial charge in [-0.3, -0.25) is 10.1 Å². The first-order valence-electron chi connectivity index (χ1n) is 7.39. The number of likely N-dealkylation sites (N-methyl/N-ethyl adjacent to an activating group) is 1. The van der Waals surface area contributed by atoms with Crippen LogP contribution in [0.3, 0.4) is 0 Å². The smallest absolute Gasteiger partial charge is 0.236 e. The van der Waals surface area contributed by atoms with E-state index in [0.717, 1.165) is 31.5 Å². The molecule has 2 N–H and O–H groups in total. The quantitative estimate of drug-likeness (QED) is 0.823. The molecule has 20 heavy (non-hydrogen) atoms. The number of benzene rings is 1. The van der Waals surface area contributed by atoms with Gasteiger partial charge < -0.3 is 10.0 Å². The summed E-state index contributed by atoms with van der Waals surface area (Å²) in [4.78, 5) is 13.9. The van der Waals surface area contributed by atoms with Crippen LogP contribution in [-0.2, 0) is 16.8 Å². The van der Waals surface area contributed by atoms with E-state index >= 15 is 0 Å². The lowest BCUT2D eigenvalue weighted by Gasteiger charge is -2.31. The molecule has 1 amide bonds. The van der Waals surface area contributed by atoms with Crippen molar-refractivity contribution in [1.82, 2.24) is 10.2 Å². The van der Waals surface area contributed by atoms with E-state index in [0.29, 0.717) is 0 Å². The van der Waals surface area contributed by atoms with Crippen LogP contribution in [0, 0.1) is 0 Å². The molecule has 110 valence electrons. The van der Waals surface area contributed by atoms with E-state index in [4.69, 9.17) is 0 Å². The predicted octanol–water partition coefficient (Wildman–Crippen LogP) is 1.28. The number of aryl methyl sites for hydroxylation is 1. The van der Waals surface area contributed by atoms with E-state index < -0.39 is 5.54 Å². The molecule has 0 bridgehead atoms. The van der Waals surface area contributed by atoms with Crippen molar-refractivity contribution in [3.05, 3.63) is 35.4 Å². The first kappa shape index (κ1) is 15.0. The SMILES string of the molecule is CCN(CC)C(=O)CNC1(CO)CCc2ccccc21. The first-order valence-corrected chi connectivity index (χ1v) is 7.39. The van der Waals surface area contributed by atoms with E-state index in [1.807, 2.05) is 32.0 Å². The maximum absolute atomic E-state index is 12.1. The first-order chi connectivity index (χ1) is 9.66. The van der Waals surface area contributed by atoms with Crippen LogP contribution in [0.4, 0.5) is 0 Å². The van der Waals surface area contributed by atoms with Crippen molar-refractivity contribution in [3.63, 3.8) is 0 Å². The zero-order valence-corrected chi connectivity index (χ0v) is 12.4. The number of amides is 1. The molecule has 0 radical (unpaired) electrons. The minimum atomic E-state index is -0.459. The summed E-state index contributed by atoms with van der Waals surface area (Å²) in [5.74, 6) is 0.0900. The largest absolute Gasteiger partial charge is 0.394 e. The van der Waals surface area contributed by atoms with Crippen LogP contribution >= 0.6 is 0 Å². The van der Waals surface area contributed by atoms with Crippen LogP contribution in [0.1, 0.15) is 31.4 Å². The molecule has 0 saturated carbocycles. The second kappa shape index (κ2) is 6.37. The van der Waals surface area contributed by atoms with Crippen molar-refractivity contribution in [1.29, 1.82) is 0 Å². The molecule has 0 saturated heterocycles. The van der Waals surface area contributed by atoms with Gasteiger partial charge in [0, 0.05) is 13.1 Å². The Balaban J connectivity index is 2.09. The third kappa shape index (κ3) is 2.72. The highest BCUT2D eigenvalue weighted by atomic mass is 16.3. The van der Waals surface area contributed by atoms with Gasteiger partial charge in [0.1, 0.15) is 0 Å². The van der Waals surface area contributed by atoms with Gasteiger partial charge in [-0.15, -0.1) is 0 Å². The highest BCUT2D eigenvalue weighted by molar-refractivity contribution is 5.78. The van der Waals surface area contributed by atoms with E-state index in [-0.39, 0.29) is 19.1 Å². The molecule has 0 fully saturated rings. The number of nitrogens with zero attached hydrogens (tertiary/aromatic N) is 1. The molecule has 4 heteroatoms. The van der Waals surface area contributed by atoms with Crippen LogP contribution < -0.4 is 5.32 Å². The van der Waals surface area contributed by atoms with Crippen LogP contribution in [-0.4, -0.2) is 42.2 Å². The van der Waals surface area contributed by atoms with Gasteiger partial charge in [0.15, 0.2) is 0 Å². The average Bonchev–Trinajstić information content (AvgIpc) is 2.86. The maximum Gasteiger partial charge on any atom is 0.236 e. The van der Waals surface area contributed by atoms with E-state index in [1.54, 1.807) is 4.90 Å². The molecule has 0 aliphatic heterocycles. The summed E-state index contributed by atoms with van der Waals surface area (Å²) in [5.41, 5.74) is 1.94. The molecule has 1 aromatic carbocycles. The molecule has 1 atom stereocenters. The van der Waals surface area contributed by atoms with E-state index in [9.17, 15) is 9.90 Å². The Kier molecular flexibility index (Phi) is 4.78. The third-order valence-corrected chi connectivity index (χ3v) is 4.32. The summed E-state index contributed by atoms with van der Waals surface area (Å²) in [6, 6.07) is 8.16. The minimum absolute atomic E-state index is 0.0234. The maximum atomic E-state index is 12.1. The number of fused-ring (bicyclic) bond motifs is 1. The molecule has 2 rings (SSSR count). The van der Waals surface area contributed by atoms with Gasteiger partial charge in [-0.05, 0) is 37.8 Å². The number of aliphatic hydroxyl groups is 1. The van der Waals surface area contributed by atoms with Gasteiger partial charge in [0.25, 0.3) is 0 Å². The van der Waals surface area contributed by atoms with Gasteiger partial charge >= 0.3 is 0 Å². The fourth-order valence-corrected chi connectivity index (χ4v) is 3.02. The van der Waals surface area contributed by atoms with Crippen LogP contribution in [0.5, 0.6) is 0 Å². The summed E-state index contributed by atoms with van der Waals surface area (Å²) in [6.45, 7) is 5.70. The van der Waals surface area contributed by atoms with Crippen molar-refractivity contribution in [3.8, 4) is 0 Å². The van der Waals surface area contributed by atoms with Crippen LogP contribution in [0.2, 0.25) is 0 Å². The van der Waals surface area contributed by atoms with Gasteiger partial charge in [-0.1, -0.05) is 24.3 Å². The number of aliphatic hydroxyl groups excluding tert-OH is 1. The van der Waals surface area contributed by atoms with Crippen LogP contribution in [0.25, 0.3) is 0 Å². The van der Waals surface area contributed by atoms with Crippen molar-refractivity contribution in [2.75, 3.05) is 26.2 Å². The van der Waals surface area contributed by atoms with Crippen molar-refractivity contribution < 1.29 is 9.90 Å². The number of hydrogen-bond acceptors (Lipinski definition) is 3. The zero-order valence-electron chi connectivity index (χ0n) is 12.4. The van der Waals surface area contributed by atoms with E-state index in [2.05, 4.69) is 11.4 Å². The summed E-state index contributed by atoms with van der Waals surface area (Å²) in [7, 11) is 0. The highest BCUT2D eigenvalue weighted by Gasteiger charge is 2.38. The molecule has 1 aliphatic rings. The van der Waals surface area contributed by atoms with Gasteiger partial charge in [-0.2, -0.15) is 0 Å². The van der Waals surface area contributed by atoms with Crippen molar-refractivity contribution in [2.24, 2.45) is 0 Å². The number of carbonyl (C=O) groups excluding carboxylic acids is 1. The fourth-order valence-electron chi connectivity index (χ4n) is 3.02. The van der Waals surface area contributed by atoms with Crippen molar-refractivity contribution in [2.45, 2.75) is 32.2 Å². The Bertz CT molecular complexity index is 471. The number of carbonyl (C=O) groups is 1. The predicted molar refractivity (Wildman–Crippen MR) is 79.5 cm³/mol. The number of hydrogen-bond donors (Lipinski definition) is 2. The second-order valence-corrected chi connectivity index (χ2v) is 5.32. The Morgan fingerprint density at radius 3 is 2.70 bits per heavy atom. The fraction of sp³-hybridized carbons (Fsp3) is 0.562. The standard InChI is InChI=1S/C16H24N2O2/c1-3-18(4-2)15(20)11-17-16(12-19)10-9-13-7-5-6-8-14(13)16/h5-8,17,19H,3-4,9-12H2,1-2H3. The minimum Gasteiger partial charge on any atom is -0.394 e. The second-order valence-electron chi connectivity index (χ2n) is 5.32. The highest BCUT2D eigenvalue weighted by Crippen LogP contribution is 2.36. The summed E-state index contributed by atoms with van der Waals surface area (Å²) in [6.07, 6.45) is 1.79. The summed E-state index contributed by atoms with van der Waals surface area (Å²) >= 11 is 0. The number of rotatable bonds is 6. The van der Waals surface area contributed by atoms with Crippen molar-refractivity contribution >= 4 is 5.91 Å². The molecule has 1 unspecified atom stereocenters. The summed E-state index contributed by atoms with van der Waals surface area (Å²) < 4.78 is 0. The number of nitrogens with one attached hydrogen (secondary N) is 1. The monoisotopic (exact) mass is 276 g/mol. The molecule has 0 heterocycles. The molecular weight excluding hydrogens is 252 g/mol. The lowest BCUT2D eigenvalue weighted by molar-refractivity contribution is -0.130. The van der Waals surface area contributed by atoms with Crippen LogP contribution in [0.15, 0.2) is 24.3 Å². The van der Waals surface area contributed by atoms with Gasteiger partial charge in [-0.25, -0.2) is 0 Å². The molecule has 4 nitrogen and oxygen atoms in total. The lowest BCUT2D eigenvalue weighted by Crippen LogP contribution is -2.49. The summed E-state index contributed by atoms with van der Waals surface area (Å²) in [5, 5.41) is 13.2. The molecule has 1 aromatic rings. The lowest BCUT2D eigenvalue weighted by atomic mass is 9.92. The topological polar surface area (TPSA) is 52.6 Å². The Labute approximate surface area is 120 Å². The van der Waals surface area contributed by atoms with Gasteiger partial charge in [0.2, 0.25) is 5.91 Å². The van der Waals surface area contributed by atoms with Gasteiger partial charge in [0.05, 0.1) is 18.7 Å². The third-order valence-electron chi connectivity index (χ3n) is 4.32. The molecule has 0 spiro atoms. The Morgan fingerprint density at radius 1 is 1.35 bits per heavy atom. The average molecular weight is 276 g/mol. The molecule has 0 aromatic heterocycles. The Hall–Kier alpha value is -1.39. The normalized spacial score (nSPS) is 20.8. The Morgan fingerprint density at radius 2 is 2.05 bits per heavy atom. The molecular formula is C16H24N2O2. The molecule has 1 aliphatic carbocycles. The zero-order chi connectivity index (χ0) is 14.6. The van der Waals surface area contributed by atoms with E-state index in [1.165, 1.54) is 5.56 Å².